The molecule has 0 N–H and O–H groups in total. The fourth-order valence-electron chi connectivity index (χ4n) is 2.10. The molecule has 22 heavy (non-hydrogen) atoms. The van der Waals surface area contributed by atoms with Crippen molar-refractivity contribution in [1.29, 1.82) is 0 Å². The lowest BCUT2D eigenvalue weighted by molar-refractivity contribution is 0.00578. The van der Waals surface area contributed by atoms with Crippen LogP contribution < -0.4 is 9.89 Å². The first-order valence-corrected chi connectivity index (χ1v) is 10.8. The molecule has 0 amide bonds. The van der Waals surface area contributed by atoms with Crippen LogP contribution >= 0.6 is 0 Å². The summed E-state index contributed by atoms with van der Waals surface area (Å²) in [7, 11) is -2.81. The number of benzene rings is 1. The van der Waals surface area contributed by atoms with E-state index >= 15 is 0 Å². The fraction of sp³-hybridized carbons (Fsp3) is 0.600. The molecule has 1 aromatic carbocycles. The lowest BCUT2D eigenvalue weighted by atomic mass is 9.79. The Bertz CT molecular complexity index is 569. The third kappa shape index (κ3) is 3.36. The van der Waals surface area contributed by atoms with Crippen molar-refractivity contribution >= 4 is 20.9 Å². The monoisotopic (exact) mass is 328 g/mol. The van der Waals surface area contributed by atoms with Gasteiger partial charge >= 0.3 is 7.12 Å². The van der Waals surface area contributed by atoms with Gasteiger partial charge < -0.3 is 13.7 Å². The quantitative estimate of drug-likeness (QED) is 0.795. The Hall–Kier alpha value is -0.918. The minimum absolute atomic E-state index is 0.0797. The van der Waals surface area contributed by atoms with Crippen LogP contribution in [-0.4, -0.2) is 26.6 Å². The molecule has 1 aliphatic rings. The predicted octanol–water partition coefficient (Wildman–Crippen LogP) is 3.48. The normalized spacial score (nSPS) is 20.3. The van der Waals surface area contributed by atoms with Gasteiger partial charge in [-0.25, -0.2) is 4.39 Å². The van der Waals surface area contributed by atoms with Crippen molar-refractivity contribution in [1.82, 2.24) is 0 Å². The molecule has 1 aromatic rings. The molecular formula is C15H23BF2O3Si. The van der Waals surface area contributed by atoms with E-state index in [2.05, 4.69) is 0 Å². The molecule has 1 aliphatic heterocycles. The maximum Gasteiger partial charge on any atom is 0.495 e. The summed E-state index contributed by atoms with van der Waals surface area (Å²) in [5.41, 5.74) is -0.657. The molecule has 1 heterocycles. The van der Waals surface area contributed by atoms with Crippen LogP contribution in [0.25, 0.3) is 0 Å². The Kier molecular flexibility index (Phi) is 4.21. The van der Waals surface area contributed by atoms with Crippen LogP contribution in [0.2, 0.25) is 19.6 Å². The van der Waals surface area contributed by atoms with Gasteiger partial charge in [-0.3, -0.25) is 0 Å². The zero-order chi connectivity index (χ0) is 16.9. The Morgan fingerprint density at radius 2 is 1.50 bits per heavy atom. The molecule has 122 valence electrons. The van der Waals surface area contributed by atoms with E-state index in [9.17, 15) is 8.78 Å². The van der Waals surface area contributed by atoms with Crippen LogP contribution in [0.4, 0.5) is 8.78 Å². The van der Waals surface area contributed by atoms with E-state index in [1.165, 1.54) is 6.07 Å². The van der Waals surface area contributed by atoms with E-state index in [0.29, 0.717) is 5.46 Å². The Morgan fingerprint density at radius 1 is 1.00 bits per heavy atom. The van der Waals surface area contributed by atoms with Crippen LogP contribution in [0.3, 0.4) is 0 Å². The highest BCUT2D eigenvalue weighted by molar-refractivity contribution is 6.70. The van der Waals surface area contributed by atoms with Gasteiger partial charge in [-0.1, -0.05) is 0 Å². The molecule has 7 heteroatoms. The summed E-state index contributed by atoms with van der Waals surface area (Å²) in [6.45, 7) is 13.4. The van der Waals surface area contributed by atoms with Gasteiger partial charge in [0.1, 0.15) is 5.75 Å². The molecule has 0 bridgehead atoms. The van der Waals surface area contributed by atoms with E-state index < -0.39 is 38.3 Å². The van der Waals surface area contributed by atoms with E-state index in [4.69, 9.17) is 13.7 Å². The molecule has 0 aliphatic carbocycles. The minimum atomic E-state index is -2.06. The highest BCUT2D eigenvalue weighted by Crippen LogP contribution is 2.37. The SMILES string of the molecule is CC1(C)OB(c2cc(F)c(F)c(O[Si](C)(C)C)c2)OC1(C)C. The van der Waals surface area contributed by atoms with Crippen LogP contribution in [0.1, 0.15) is 27.7 Å². The second-order valence-electron chi connectivity index (χ2n) is 7.62. The Morgan fingerprint density at radius 3 is 1.95 bits per heavy atom. The van der Waals surface area contributed by atoms with Crippen molar-refractivity contribution in [3.63, 3.8) is 0 Å². The summed E-state index contributed by atoms with van der Waals surface area (Å²) < 4.78 is 45.2. The Labute approximate surface area is 132 Å². The van der Waals surface area contributed by atoms with Gasteiger partial charge in [0.05, 0.1) is 11.2 Å². The summed E-state index contributed by atoms with van der Waals surface area (Å²) in [5.74, 6) is -2.01. The number of halogens is 2. The van der Waals surface area contributed by atoms with Crippen molar-refractivity contribution in [2.24, 2.45) is 0 Å². The Balaban J connectivity index is 2.38. The zero-order valence-corrected chi connectivity index (χ0v) is 15.2. The van der Waals surface area contributed by atoms with Gasteiger partial charge in [0.25, 0.3) is 0 Å². The zero-order valence-electron chi connectivity index (χ0n) is 14.2. The maximum atomic E-state index is 13.9. The molecule has 3 nitrogen and oxygen atoms in total. The number of rotatable bonds is 3. The maximum absolute atomic E-state index is 13.9. The van der Waals surface area contributed by atoms with Crippen molar-refractivity contribution in [2.75, 3.05) is 0 Å². The van der Waals surface area contributed by atoms with Gasteiger partial charge in [0.2, 0.25) is 8.32 Å². The van der Waals surface area contributed by atoms with Crippen molar-refractivity contribution in [2.45, 2.75) is 58.5 Å². The molecule has 0 aromatic heterocycles. The van der Waals surface area contributed by atoms with E-state index in [1.54, 1.807) is 0 Å². The summed E-state index contributed by atoms with van der Waals surface area (Å²) in [5, 5.41) is 0. The molecule has 0 atom stereocenters. The predicted molar refractivity (Wildman–Crippen MR) is 86.0 cm³/mol. The minimum Gasteiger partial charge on any atom is -0.542 e. The van der Waals surface area contributed by atoms with Gasteiger partial charge in [-0.05, 0) is 64.9 Å². The fourth-order valence-corrected chi connectivity index (χ4v) is 2.91. The standard InChI is InChI=1S/C15H23BF2O3Si/c1-14(2)15(3,4)21-16(20-14)10-8-11(17)13(18)12(9-10)19-22(5,6)7/h8-9H,1-7H3. The third-order valence-electron chi connectivity index (χ3n) is 3.96. The van der Waals surface area contributed by atoms with Crippen LogP contribution in [-0.2, 0) is 9.31 Å². The van der Waals surface area contributed by atoms with Crippen LogP contribution in [0, 0.1) is 11.6 Å². The largest absolute Gasteiger partial charge is 0.542 e. The summed E-state index contributed by atoms with van der Waals surface area (Å²) >= 11 is 0. The molecule has 0 radical (unpaired) electrons. The topological polar surface area (TPSA) is 27.7 Å². The van der Waals surface area contributed by atoms with Crippen molar-refractivity contribution in [3.05, 3.63) is 23.8 Å². The first-order valence-electron chi connectivity index (χ1n) is 7.36. The summed E-state index contributed by atoms with van der Waals surface area (Å²) in [6, 6.07) is 2.58. The van der Waals surface area contributed by atoms with Crippen LogP contribution in [0.5, 0.6) is 5.75 Å². The van der Waals surface area contributed by atoms with Gasteiger partial charge in [-0.2, -0.15) is 4.39 Å². The lowest BCUT2D eigenvalue weighted by Gasteiger charge is -2.32. The molecule has 0 saturated carbocycles. The van der Waals surface area contributed by atoms with Gasteiger partial charge in [-0.15, -0.1) is 0 Å². The third-order valence-corrected chi connectivity index (χ3v) is 4.79. The van der Waals surface area contributed by atoms with Gasteiger partial charge in [0, 0.05) is 0 Å². The van der Waals surface area contributed by atoms with E-state index in [0.717, 1.165) is 6.07 Å². The lowest BCUT2D eigenvalue weighted by Crippen LogP contribution is -2.41. The molecule has 1 saturated heterocycles. The number of hydrogen-bond donors (Lipinski definition) is 0. The van der Waals surface area contributed by atoms with Crippen molar-refractivity contribution in [3.8, 4) is 5.75 Å². The summed E-state index contributed by atoms with van der Waals surface area (Å²) in [6.07, 6.45) is 0. The van der Waals surface area contributed by atoms with Crippen molar-refractivity contribution < 1.29 is 22.5 Å². The van der Waals surface area contributed by atoms with Gasteiger partial charge in [0.15, 0.2) is 11.6 Å². The highest BCUT2D eigenvalue weighted by atomic mass is 28.4. The molecule has 2 rings (SSSR count). The molecule has 1 fully saturated rings. The molecule has 0 unspecified atom stereocenters. The van der Waals surface area contributed by atoms with E-state index in [-0.39, 0.29) is 5.75 Å². The molecule has 0 spiro atoms. The average Bonchev–Trinajstić information content (AvgIpc) is 2.52. The van der Waals surface area contributed by atoms with E-state index in [1.807, 2.05) is 47.3 Å². The number of hydrogen-bond acceptors (Lipinski definition) is 3. The second-order valence-corrected chi connectivity index (χ2v) is 12.0. The highest BCUT2D eigenvalue weighted by Gasteiger charge is 2.52. The first kappa shape index (κ1) is 17.4. The summed E-state index contributed by atoms with van der Waals surface area (Å²) in [4.78, 5) is 0. The smallest absolute Gasteiger partial charge is 0.495 e. The average molecular weight is 328 g/mol. The van der Waals surface area contributed by atoms with Crippen LogP contribution in [0.15, 0.2) is 12.1 Å². The molecular weight excluding hydrogens is 305 g/mol. The second kappa shape index (κ2) is 5.32. The first-order chi connectivity index (χ1) is 9.82.